The third-order valence-corrected chi connectivity index (χ3v) is 4.55. The van der Waals surface area contributed by atoms with E-state index >= 15 is 0 Å². The highest BCUT2D eigenvalue weighted by molar-refractivity contribution is 6.00. The van der Waals surface area contributed by atoms with E-state index in [0.717, 1.165) is 37.9 Å². The van der Waals surface area contributed by atoms with Crippen LogP contribution in [0.3, 0.4) is 0 Å². The summed E-state index contributed by atoms with van der Waals surface area (Å²) in [6, 6.07) is 4.65. The summed E-state index contributed by atoms with van der Waals surface area (Å²) >= 11 is 0. The van der Waals surface area contributed by atoms with E-state index in [2.05, 4.69) is 5.32 Å². The van der Waals surface area contributed by atoms with Crippen LogP contribution in [0.5, 0.6) is 0 Å². The van der Waals surface area contributed by atoms with Crippen LogP contribution in [0.15, 0.2) is 18.2 Å². The Kier molecular flexibility index (Phi) is 3.65. The molecule has 0 amide bonds. The molecule has 3 rings (SSSR count). The van der Waals surface area contributed by atoms with Gasteiger partial charge in [-0.1, -0.05) is 6.07 Å². The molecule has 1 fully saturated rings. The fourth-order valence-corrected chi connectivity index (χ4v) is 3.42. The van der Waals surface area contributed by atoms with Crippen molar-refractivity contribution in [2.24, 2.45) is 11.8 Å². The first-order chi connectivity index (χ1) is 9.24. The quantitative estimate of drug-likeness (QED) is 0.886. The van der Waals surface area contributed by atoms with Crippen molar-refractivity contribution in [2.75, 3.05) is 13.1 Å². The number of carbonyl (C=O) groups excluding carboxylic acids is 1. The smallest absolute Gasteiger partial charge is 0.166 e. The summed E-state index contributed by atoms with van der Waals surface area (Å²) in [6.45, 7) is 2.13. The molecule has 0 radical (unpaired) electrons. The number of ketones is 1. The van der Waals surface area contributed by atoms with Crippen LogP contribution in [0.25, 0.3) is 0 Å². The summed E-state index contributed by atoms with van der Waals surface area (Å²) in [6.07, 6.45) is 5.16. The lowest BCUT2D eigenvalue weighted by molar-refractivity contribution is 0.0872. The maximum Gasteiger partial charge on any atom is 0.166 e. The molecule has 19 heavy (non-hydrogen) atoms. The number of piperidine rings is 1. The normalized spacial score (nSPS) is 24.3. The van der Waals surface area contributed by atoms with Crippen molar-refractivity contribution in [3.05, 3.63) is 35.1 Å². The van der Waals surface area contributed by atoms with E-state index in [0.29, 0.717) is 11.5 Å². The molecule has 1 aromatic rings. The minimum atomic E-state index is -0.297. The van der Waals surface area contributed by atoms with Gasteiger partial charge >= 0.3 is 0 Å². The van der Waals surface area contributed by atoms with Gasteiger partial charge in [-0.25, -0.2) is 4.39 Å². The number of rotatable bonds is 2. The molecule has 3 heteroatoms. The van der Waals surface area contributed by atoms with Crippen LogP contribution in [0.2, 0.25) is 0 Å². The van der Waals surface area contributed by atoms with E-state index in [-0.39, 0.29) is 17.5 Å². The molecule has 0 bridgehead atoms. The van der Waals surface area contributed by atoms with Gasteiger partial charge in [0.05, 0.1) is 0 Å². The Morgan fingerprint density at radius 2 is 2.00 bits per heavy atom. The molecule has 102 valence electrons. The van der Waals surface area contributed by atoms with Crippen LogP contribution < -0.4 is 5.32 Å². The maximum atomic E-state index is 13.3. The molecule has 1 saturated heterocycles. The number of hydrogen-bond donors (Lipinski definition) is 1. The summed E-state index contributed by atoms with van der Waals surface area (Å²) < 4.78 is 13.3. The predicted octanol–water partition coefficient (Wildman–Crippen LogP) is 2.96. The average molecular weight is 261 g/mol. The fraction of sp³-hybridized carbons (Fsp3) is 0.562. The highest BCUT2D eigenvalue weighted by atomic mass is 19.1. The molecule has 1 aromatic carbocycles. The van der Waals surface area contributed by atoms with Gasteiger partial charge < -0.3 is 5.32 Å². The second kappa shape index (κ2) is 5.41. The highest BCUT2D eigenvalue weighted by Gasteiger charge is 2.30. The van der Waals surface area contributed by atoms with Crippen LogP contribution in [-0.4, -0.2) is 18.9 Å². The van der Waals surface area contributed by atoms with Gasteiger partial charge in [0, 0.05) is 11.5 Å². The summed E-state index contributed by atoms with van der Waals surface area (Å²) in [4.78, 5) is 12.5. The van der Waals surface area contributed by atoms with Gasteiger partial charge in [-0.3, -0.25) is 4.79 Å². The Labute approximate surface area is 113 Å². The van der Waals surface area contributed by atoms with Crippen molar-refractivity contribution >= 4 is 5.78 Å². The molecular weight excluding hydrogens is 241 g/mol. The van der Waals surface area contributed by atoms with Crippen molar-refractivity contribution in [2.45, 2.75) is 32.1 Å². The first-order valence-corrected chi connectivity index (χ1v) is 7.27. The third kappa shape index (κ3) is 2.71. The number of fused-ring (bicyclic) bond motifs is 1. The van der Waals surface area contributed by atoms with E-state index in [1.54, 1.807) is 6.07 Å². The Morgan fingerprint density at radius 3 is 2.79 bits per heavy atom. The molecule has 2 nitrogen and oxygen atoms in total. The largest absolute Gasteiger partial charge is 0.317 e. The Morgan fingerprint density at radius 1 is 1.21 bits per heavy atom. The van der Waals surface area contributed by atoms with Crippen molar-refractivity contribution in [3.8, 4) is 0 Å². The zero-order valence-corrected chi connectivity index (χ0v) is 11.1. The predicted molar refractivity (Wildman–Crippen MR) is 72.8 cm³/mol. The summed E-state index contributed by atoms with van der Waals surface area (Å²) in [5.41, 5.74) is 1.65. The second-order valence-corrected chi connectivity index (χ2v) is 5.83. The number of aryl methyl sites for hydroxylation is 1. The molecular formula is C16H20FNO. The number of nitrogens with one attached hydrogen (secondary N) is 1. The SMILES string of the molecule is O=C1c2cc(F)ccc2CCC1CC1CCNCC1. The minimum Gasteiger partial charge on any atom is -0.317 e. The summed E-state index contributed by atoms with van der Waals surface area (Å²) in [5.74, 6) is 0.636. The molecule has 1 heterocycles. The monoisotopic (exact) mass is 261 g/mol. The highest BCUT2D eigenvalue weighted by Crippen LogP contribution is 2.32. The van der Waals surface area contributed by atoms with Crippen molar-refractivity contribution in [1.29, 1.82) is 0 Å². The average Bonchev–Trinajstić information content (AvgIpc) is 2.44. The maximum absolute atomic E-state index is 13.3. The van der Waals surface area contributed by atoms with Gasteiger partial charge in [0.25, 0.3) is 0 Å². The van der Waals surface area contributed by atoms with E-state index in [4.69, 9.17) is 0 Å². The van der Waals surface area contributed by atoms with Gasteiger partial charge in [0.1, 0.15) is 5.82 Å². The molecule has 1 aliphatic carbocycles. The molecule has 0 spiro atoms. The second-order valence-electron chi connectivity index (χ2n) is 5.83. The number of Topliss-reactive ketones (excluding diaryl/α,β-unsaturated/α-hetero) is 1. The zero-order valence-electron chi connectivity index (χ0n) is 11.1. The Balaban J connectivity index is 1.73. The van der Waals surface area contributed by atoms with Crippen LogP contribution >= 0.6 is 0 Å². The lowest BCUT2D eigenvalue weighted by Crippen LogP contribution is -2.31. The molecule has 0 saturated carbocycles. The standard InChI is InChI=1S/C16H20FNO/c17-14-4-3-12-1-2-13(16(19)15(12)10-14)9-11-5-7-18-8-6-11/h3-4,10-11,13,18H,1-2,5-9H2. The van der Waals surface area contributed by atoms with Crippen LogP contribution in [0.4, 0.5) is 4.39 Å². The minimum absolute atomic E-state index is 0.109. The molecule has 1 aliphatic heterocycles. The van der Waals surface area contributed by atoms with E-state index in [1.807, 2.05) is 0 Å². The summed E-state index contributed by atoms with van der Waals surface area (Å²) in [5, 5.41) is 3.35. The molecule has 1 unspecified atom stereocenters. The first-order valence-electron chi connectivity index (χ1n) is 7.27. The van der Waals surface area contributed by atoms with Crippen molar-refractivity contribution < 1.29 is 9.18 Å². The molecule has 1 atom stereocenters. The first kappa shape index (κ1) is 12.8. The summed E-state index contributed by atoms with van der Waals surface area (Å²) in [7, 11) is 0. The zero-order chi connectivity index (χ0) is 13.2. The van der Waals surface area contributed by atoms with Gasteiger partial charge in [-0.2, -0.15) is 0 Å². The Bertz CT molecular complexity index is 480. The molecule has 2 aliphatic rings. The lowest BCUT2D eigenvalue weighted by Gasteiger charge is -2.29. The molecule has 0 aromatic heterocycles. The number of benzene rings is 1. The third-order valence-electron chi connectivity index (χ3n) is 4.55. The van der Waals surface area contributed by atoms with Crippen molar-refractivity contribution in [1.82, 2.24) is 5.32 Å². The lowest BCUT2D eigenvalue weighted by atomic mass is 9.76. The van der Waals surface area contributed by atoms with Gasteiger partial charge in [0.2, 0.25) is 0 Å². The fourth-order valence-electron chi connectivity index (χ4n) is 3.42. The van der Waals surface area contributed by atoms with Gasteiger partial charge in [0.15, 0.2) is 5.78 Å². The van der Waals surface area contributed by atoms with E-state index in [1.165, 1.54) is 25.0 Å². The van der Waals surface area contributed by atoms with Crippen LogP contribution in [0, 0.1) is 17.7 Å². The Hall–Kier alpha value is -1.22. The topological polar surface area (TPSA) is 29.1 Å². The molecule has 1 N–H and O–H groups in total. The van der Waals surface area contributed by atoms with Crippen molar-refractivity contribution in [3.63, 3.8) is 0 Å². The van der Waals surface area contributed by atoms with Gasteiger partial charge in [-0.05, 0) is 68.8 Å². The van der Waals surface area contributed by atoms with E-state index in [9.17, 15) is 9.18 Å². The van der Waals surface area contributed by atoms with Gasteiger partial charge in [-0.15, -0.1) is 0 Å². The number of hydrogen-bond acceptors (Lipinski definition) is 2. The number of carbonyl (C=O) groups is 1. The van der Waals surface area contributed by atoms with Crippen LogP contribution in [0.1, 0.15) is 41.6 Å². The van der Waals surface area contributed by atoms with Crippen LogP contribution in [-0.2, 0) is 6.42 Å². The number of halogens is 1. The van der Waals surface area contributed by atoms with E-state index < -0.39 is 0 Å².